The number of hydrogen-bond acceptors (Lipinski definition) is 6. The van der Waals surface area contributed by atoms with Crippen molar-refractivity contribution in [2.45, 2.75) is 31.7 Å². The summed E-state index contributed by atoms with van der Waals surface area (Å²) in [6.07, 6.45) is 5.29. The van der Waals surface area contributed by atoms with E-state index in [0.717, 1.165) is 56.8 Å². The van der Waals surface area contributed by atoms with Crippen LogP contribution in [0.5, 0.6) is 11.5 Å². The molecule has 0 radical (unpaired) electrons. The van der Waals surface area contributed by atoms with Crippen molar-refractivity contribution in [2.75, 3.05) is 61.1 Å². The van der Waals surface area contributed by atoms with E-state index in [1.165, 1.54) is 11.1 Å². The van der Waals surface area contributed by atoms with Gasteiger partial charge < -0.3 is 24.0 Å². The van der Waals surface area contributed by atoms with Crippen molar-refractivity contribution < 1.29 is 19.0 Å². The second kappa shape index (κ2) is 9.96. The lowest BCUT2D eigenvalue weighted by Gasteiger charge is -2.43. The largest absolute Gasteiger partial charge is 0.501 e. The predicted octanol–water partition coefficient (Wildman–Crippen LogP) is 2.67. The highest BCUT2D eigenvalue weighted by Gasteiger charge is 2.35. The van der Waals surface area contributed by atoms with E-state index in [-0.39, 0.29) is 5.91 Å². The maximum Gasteiger partial charge on any atom is 0.230 e. The van der Waals surface area contributed by atoms with Gasteiger partial charge in [0, 0.05) is 51.4 Å². The van der Waals surface area contributed by atoms with Crippen LogP contribution < -0.4 is 9.47 Å². The molecule has 2 aliphatic heterocycles. The van der Waals surface area contributed by atoms with Crippen LogP contribution in [-0.4, -0.2) is 87.7 Å². The molecule has 174 valence electrons. The number of carbonyl (C=O) groups excluding carboxylic acids is 1. The van der Waals surface area contributed by atoms with Gasteiger partial charge in [-0.2, -0.15) is 0 Å². The number of methoxy groups -OCH3 is 3. The lowest BCUT2D eigenvalue weighted by atomic mass is 9.83. The summed E-state index contributed by atoms with van der Waals surface area (Å²) in [5.74, 6) is 2.51. The van der Waals surface area contributed by atoms with Crippen molar-refractivity contribution in [2.24, 2.45) is 0 Å². The molecule has 0 aromatic heterocycles. The molecule has 1 aliphatic carbocycles. The van der Waals surface area contributed by atoms with Crippen LogP contribution in [0.2, 0.25) is 0 Å². The Bertz CT molecular complexity index is 902. The summed E-state index contributed by atoms with van der Waals surface area (Å²) in [5.41, 5.74) is 3.49. The lowest BCUT2D eigenvalue weighted by molar-refractivity contribution is -0.128. The Morgan fingerprint density at radius 1 is 0.969 bits per heavy atom. The molecule has 1 amide bonds. The van der Waals surface area contributed by atoms with Crippen molar-refractivity contribution in [3.63, 3.8) is 0 Å². The topological polar surface area (TPSA) is 54.5 Å². The number of fused-ring (bicyclic) bond motifs is 1. The van der Waals surface area contributed by atoms with E-state index in [9.17, 15) is 4.79 Å². The SMILES string of the molecule is COC1=C2CCN(C(=O)Cc3ccc(OC)c(OC)c3)C=C2C(N2CCN(C)CC2)CC1. The third-order valence-electron chi connectivity index (χ3n) is 6.94. The van der Waals surface area contributed by atoms with Crippen LogP contribution in [0, 0.1) is 0 Å². The minimum atomic E-state index is 0.102. The van der Waals surface area contributed by atoms with Gasteiger partial charge in [0.2, 0.25) is 5.91 Å². The Labute approximate surface area is 191 Å². The van der Waals surface area contributed by atoms with E-state index >= 15 is 0 Å². The number of likely N-dealkylation sites (N-methyl/N-ethyl adjacent to an activating group) is 1. The van der Waals surface area contributed by atoms with Gasteiger partial charge in [-0.3, -0.25) is 9.69 Å². The molecule has 7 heteroatoms. The fourth-order valence-corrected chi connectivity index (χ4v) is 5.05. The first-order chi connectivity index (χ1) is 15.5. The minimum absolute atomic E-state index is 0.102. The molecule has 3 aliphatic rings. The summed E-state index contributed by atoms with van der Waals surface area (Å²) in [6.45, 7) is 4.98. The third-order valence-corrected chi connectivity index (χ3v) is 6.94. The standard InChI is InChI=1S/C25H35N3O4/c1-26-11-13-27(14-12-26)21-6-8-22(30-2)19-9-10-28(17-20(19)21)25(29)16-18-5-7-23(31-3)24(15-18)32-4/h5,7,15,17,21H,6,8-14,16H2,1-4H3. The van der Waals surface area contributed by atoms with E-state index in [1.54, 1.807) is 21.3 Å². The highest BCUT2D eigenvalue weighted by atomic mass is 16.5. The van der Waals surface area contributed by atoms with Gasteiger partial charge in [0.1, 0.15) is 0 Å². The van der Waals surface area contributed by atoms with Gasteiger partial charge in [0.15, 0.2) is 11.5 Å². The molecule has 0 saturated carbocycles. The monoisotopic (exact) mass is 441 g/mol. The molecule has 1 unspecified atom stereocenters. The number of amides is 1. The van der Waals surface area contributed by atoms with E-state index in [0.29, 0.717) is 30.5 Å². The Kier molecular flexibility index (Phi) is 7.06. The Morgan fingerprint density at radius 2 is 1.72 bits per heavy atom. The van der Waals surface area contributed by atoms with Crippen LogP contribution in [0.25, 0.3) is 0 Å². The van der Waals surface area contributed by atoms with Gasteiger partial charge in [-0.05, 0) is 48.7 Å². The molecule has 0 N–H and O–H groups in total. The summed E-state index contributed by atoms with van der Waals surface area (Å²) >= 11 is 0. The number of carbonyl (C=O) groups is 1. The van der Waals surface area contributed by atoms with E-state index in [2.05, 4.69) is 23.0 Å². The van der Waals surface area contributed by atoms with Crippen molar-refractivity contribution in [3.05, 3.63) is 46.9 Å². The molecule has 1 fully saturated rings. The Balaban J connectivity index is 1.55. The summed E-state index contributed by atoms with van der Waals surface area (Å²) in [6, 6.07) is 6.02. The van der Waals surface area contributed by atoms with Crippen LogP contribution in [0.3, 0.4) is 0 Å². The Hall–Kier alpha value is -2.51. The molecule has 7 nitrogen and oxygen atoms in total. The molecule has 4 rings (SSSR count). The minimum Gasteiger partial charge on any atom is -0.501 e. The molecule has 1 saturated heterocycles. The zero-order valence-electron chi connectivity index (χ0n) is 19.7. The molecule has 0 bridgehead atoms. The first-order valence-electron chi connectivity index (χ1n) is 11.4. The maximum atomic E-state index is 13.2. The fourth-order valence-electron chi connectivity index (χ4n) is 5.05. The number of rotatable bonds is 6. The fraction of sp³-hybridized carbons (Fsp3) is 0.560. The first-order valence-corrected chi connectivity index (χ1v) is 11.4. The van der Waals surface area contributed by atoms with Gasteiger partial charge in [0.05, 0.1) is 33.5 Å². The highest BCUT2D eigenvalue weighted by molar-refractivity contribution is 5.80. The van der Waals surface area contributed by atoms with Crippen LogP contribution in [0.15, 0.2) is 41.3 Å². The summed E-state index contributed by atoms with van der Waals surface area (Å²) < 4.78 is 16.4. The van der Waals surface area contributed by atoms with Gasteiger partial charge in [-0.15, -0.1) is 0 Å². The zero-order chi connectivity index (χ0) is 22.7. The number of benzene rings is 1. The Morgan fingerprint density at radius 3 is 2.41 bits per heavy atom. The van der Waals surface area contributed by atoms with Crippen LogP contribution in [0.4, 0.5) is 0 Å². The van der Waals surface area contributed by atoms with Crippen LogP contribution in [0.1, 0.15) is 24.8 Å². The molecule has 1 aromatic rings. The second-order valence-electron chi connectivity index (χ2n) is 8.79. The van der Waals surface area contributed by atoms with Crippen molar-refractivity contribution in [1.82, 2.24) is 14.7 Å². The number of hydrogen-bond donors (Lipinski definition) is 0. The van der Waals surface area contributed by atoms with Crippen molar-refractivity contribution in [3.8, 4) is 11.5 Å². The average Bonchev–Trinajstić information content (AvgIpc) is 2.83. The number of allylic oxidation sites excluding steroid dienone is 1. The second-order valence-corrected chi connectivity index (χ2v) is 8.79. The maximum absolute atomic E-state index is 13.2. The quantitative estimate of drug-likeness (QED) is 0.677. The smallest absolute Gasteiger partial charge is 0.230 e. The highest BCUT2D eigenvalue weighted by Crippen LogP contribution is 2.38. The molecular weight excluding hydrogens is 406 g/mol. The molecular formula is C25H35N3O4. The average molecular weight is 442 g/mol. The molecule has 32 heavy (non-hydrogen) atoms. The van der Waals surface area contributed by atoms with Gasteiger partial charge in [-0.25, -0.2) is 0 Å². The predicted molar refractivity (Wildman–Crippen MR) is 124 cm³/mol. The molecule has 1 aromatic carbocycles. The van der Waals surface area contributed by atoms with Gasteiger partial charge >= 0.3 is 0 Å². The molecule has 2 heterocycles. The zero-order valence-corrected chi connectivity index (χ0v) is 19.7. The third kappa shape index (κ3) is 4.64. The number of ether oxygens (including phenoxy) is 3. The normalized spacial score (nSPS) is 22.3. The summed E-state index contributed by atoms with van der Waals surface area (Å²) in [5, 5.41) is 0. The van der Waals surface area contributed by atoms with Crippen molar-refractivity contribution in [1.29, 1.82) is 0 Å². The van der Waals surface area contributed by atoms with E-state index < -0.39 is 0 Å². The molecule has 1 atom stereocenters. The first kappa shape index (κ1) is 22.7. The number of piperazine rings is 1. The number of nitrogens with zero attached hydrogens (tertiary/aromatic N) is 3. The summed E-state index contributed by atoms with van der Waals surface area (Å²) in [7, 11) is 7.18. The summed E-state index contributed by atoms with van der Waals surface area (Å²) in [4.78, 5) is 20.1. The van der Waals surface area contributed by atoms with Crippen LogP contribution >= 0.6 is 0 Å². The lowest BCUT2D eigenvalue weighted by Crippen LogP contribution is -2.51. The van der Waals surface area contributed by atoms with Gasteiger partial charge in [0.25, 0.3) is 0 Å². The van der Waals surface area contributed by atoms with Crippen molar-refractivity contribution >= 4 is 5.91 Å². The van der Waals surface area contributed by atoms with Gasteiger partial charge in [-0.1, -0.05) is 6.07 Å². The molecule has 0 spiro atoms. The van der Waals surface area contributed by atoms with E-state index in [1.807, 2.05) is 23.1 Å². The van der Waals surface area contributed by atoms with Crippen LogP contribution in [-0.2, 0) is 16.0 Å². The van der Waals surface area contributed by atoms with E-state index in [4.69, 9.17) is 14.2 Å².